The van der Waals surface area contributed by atoms with E-state index in [-0.39, 0.29) is 22.8 Å². The van der Waals surface area contributed by atoms with Gasteiger partial charge in [0.1, 0.15) is 11.4 Å². The molecule has 1 unspecified atom stereocenters. The lowest BCUT2D eigenvalue weighted by Crippen LogP contribution is -2.67. The van der Waals surface area contributed by atoms with Gasteiger partial charge in [-0.05, 0) is 69.0 Å². The molecule has 0 bridgehead atoms. The molecule has 1 aromatic carbocycles. The van der Waals surface area contributed by atoms with E-state index in [1.807, 2.05) is 0 Å². The molecular weight excluding hydrogens is 576 g/mol. The molecule has 8 nitrogen and oxygen atoms in total. The number of pyridine rings is 1. The van der Waals surface area contributed by atoms with Gasteiger partial charge in [-0.2, -0.15) is 13.2 Å². The second-order valence-corrected chi connectivity index (χ2v) is 12.1. The zero-order valence-corrected chi connectivity index (χ0v) is 22.3. The number of nitrogens with two attached hydrogens (primary N) is 1. The molecule has 1 aliphatic carbocycles. The van der Waals surface area contributed by atoms with E-state index >= 15 is 8.78 Å². The molecule has 1 saturated carbocycles. The van der Waals surface area contributed by atoms with Crippen molar-refractivity contribution in [3.05, 3.63) is 84.0 Å². The molecule has 2 aliphatic rings. The first kappa shape index (κ1) is 28.9. The number of carbonyl (C=O) groups is 1. The molecule has 1 amide bonds. The molecule has 41 heavy (non-hydrogen) atoms. The highest BCUT2D eigenvalue weighted by molar-refractivity contribution is 7.89. The molecule has 0 spiro atoms. The van der Waals surface area contributed by atoms with Gasteiger partial charge in [0.15, 0.2) is 0 Å². The molecular formula is C26H23F6N5O3S. The van der Waals surface area contributed by atoms with Crippen molar-refractivity contribution in [2.45, 2.75) is 60.2 Å². The maximum atomic E-state index is 18.4. The predicted molar refractivity (Wildman–Crippen MR) is 131 cm³/mol. The van der Waals surface area contributed by atoms with Gasteiger partial charge in [-0.15, -0.1) is 4.31 Å². The largest absolute Gasteiger partial charge is 0.451 e. The molecule has 218 valence electrons. The summed E-state index contributed by atoms with van der Waals surface area (Å²) < 4.78 is 118. The predicted octanol–water partition coefficient (Wildman–Crippen LogP) is 4.18. The summed E-state index contributed by atoms with van der Waals surface area (Å²) in [4.78, 5) is 23.4. The van der Waals surface area contributed by atoms with Crippen LogP contribution >= 0.6 is 0 Å². The van der Waals surface area contributed by atoms with Gasteiger partial charge in [0.2, 0.25) is 33.2 Å². The topological polar surface area (TPSA) is 119 Å². The van der Waals surface area contributed by atoms with Gasteiger partial charge in [-0.1, -0.05) is 6.07 Å². The van der Waals surface area contributed by atoms with Crippen LogP contribution in [0.2, 0.25) is 0 Å². The van der Waals surface area contributed by atoms with Crippen molar-refractivity contribution in [3.63, 3.8) is 0 Å². The number of sulfonamides is 1. The molecule has 5 rings (SSSR count). The van der Waals surface area contributed by atoms with Crippen molar-refractivity contribution in [1.82, 2.24) is 19.3 Å². The third-order valence-corrected chi connectivity index (χ3v) is 10.2. The monoisotopic (exact) mass is 599 g/mol. The van der Waals surface area contributed by atoms with Crippen LogP contribution in [-0.2, 0) is 32.1 Å². The number of carbonyl (C=O) groups excluding carboxylic acids is 1. The average Bonchev–Trinajstić information content (AvgIpc) is 3.72. The summed E-state index contributed by atoms with van der Waals surface area (Å²) in [6, 6.07) is 7.29. The van der Waals surface area contributed by atoms with Gasteiger partial charge in [0, 0.05) is 24.2 Å². The molecule has 2 N–H and O–H groups in total. The molecule has 1 aliphatic heterocycles. The quantitative estimate of drug-likeness (QED) is 0.336. The van der Waals surface area contributed by atoms with E-state index in [0.717, 1.165) is 31.2 Å². The first-order valence-electron chi connectivity index (χ1n) is 12.3. The van der Waals surface area contributed by atoms with E-state index in [1.54, 1.807) is 0 Å². The number of benzene rings is 1. The molecule has 4 atom stereocenters. The fraction of sp³-hybridized carbons (Fsp3) is 0.385. The number of nitrogens with zero attached hydrogens (tertiary/aromatic N) is 4. The lowest BCUT2D eigenvalue weighted by Gasteiger charge is -2.48. The molecule has 2 aromatic heterocycles. The third-order valence-electron chi connectivity index (χ3n) is 8.12. The molecule has 3 aromatic rings. The number of rotatable bonds is 6. The van der Waals surface area contributed by atoms with Gasteiger partial charge in [0.25, 0.3) is 0 Å². The number of halogens is 6. The van der Waals surface area contributed by atoms with Crippen LogP contribution in [0, 0.1) is 11.7 Å². The number of hydrogen-bond donors (Lipinski definition) is 1. The van der Waals surface area contributed by atoms with Crippen LogP contribution in [0.4, 0.5) is 26.3 Å². The molecule has 2 fully saturated rings. The first-order valence-corrected chi connectivity index (χ1v) is 13.7. The van der Waals surface area contributed by atoms with E-state index in [2.05, 4.69) is 15.0 Å². The Hall–Kier alpha value is -3.59. The molecule has 0 radical (unpaired) electrons. The highest BCUT2D eigenvalue weighted by Crippen LogP contribution is 2.74. The standard InChI is InChI=1S/C26H23F6N5O3S/c1-22(20(33)38)24(15-6-7-15,19-5-3-4-12-34-19)25(29,16-13-35-21(36-14-16)26(30,31)32)23(2,28)37(22)41(39,40)18-10-8-17(27)9-11-18/h3-5,8-15H,6-7H2,1-2H3,(H2,33,38)/t22-,23-,24?,25+/m1/s1. The van der Waals surface area contributed by atoms with Gasteiger partial charge in [0.05, 0.1) is 16.0 Å². The lowest BCUT2D eigenvalue weighted by atomic mass is 9.56. The van der Waals surface area contributed by atoms with Crippen molar-refractivity contribution in [2.75, 3.05) is 0 Å². The zero-order chi connectivity index (χ0) is 30.2. The van der Waals surface area contributed by atoms with Crippen LogP contribution in [0.15, 0.2) is 66.0 Å². The van der Waals surface area contributed by atoms with Crippen molar-refractivity contribution in [1.29, 1.82) is 0 Å². The summed E-state index contributed by atoms with van der Waals surface area (Å²) in [6.07, 6.45) is -2.62. The van der Waals surface area contributed by atoms with Crippen molar-refractivity contribution >= 4 is 15.9 Å². The number of hydrogen-bond acceptors (Lipinski definition) is 6. The molecule has 3 heterocycles. The van der Waals surface area contributed by atoms with E-state index < -0.39 is 72.5 Å². The minimum Gasteiger partial charge on any atom is -0.368 e. The Labute approximate surface area is 230 Å². The van der Waals surface area contributed by atoms with Gasteiger partial charge < -0.3 is 5.73 Å². The highest BCUT2D eigenvalue weighted by Gasteiger charge is 2.89. The number of aromatic nitrogens is 3. The fourth-order valence-electron chi connectivity index (χ4n) is 6.46. The first-order chi connectivity index (χ1) is 19.0. The normalized spacial score (nSPS) is 30.8. The summed E-state index contributed by atoms with van der Waals surface area (Å²) in [5.74, 6) is -8.59. The van der Waals surface area contributed by atoms with E-state index in [4.69, 9.17) is 5.73 Å². The van der Waals surface area contributed by atoms with Crippen molar-refractivity contribution in [2.24, 2.45) is 11.7 Å². The maximum Gasteiger partial charge on any atom is 0.451 e. The zero-order valence-electron chi connectivity index (χ0n) is 21.5. The Bertz CT molecular complexity index is 1600. The Kier molecular flexibility index (Phi) is 6.32. The summed E-state index contributed by atoms with van der Waals surface area (Å²) in [7, 11) is -5.21. The summed E-state index contributed by atoms with van der Waals surface area (Å²) in [5, 5.41) is 0. The summed E-state index contributed by atoms with van der Waals surface area (Å²) in [5.41, 5.74) is -4.17. The minimum atomic E-state index is -5.21. The van der Waals surface area contributed by atoms with Crippen LogP contribution in [-0.4, -0.2) is 44.9 Å². The number of amides is 1. The summed E-state index contributed by atoms with van der Waals surface area (Å²) in [6.45, 7) is 1.52. The second-order valence-electron chi connectivity index (χ2n) is 10.4. The van der Waals surface area contributed by atoms with E-state index in [9.17, 15) is 30.8 Å². The fourth-order valence-corrected chi connectivity index (χ4v) is 8.44. The Morgan fingerprint density at radius 3 is 2.05 bits per heavy atom. The Balaban J connectivity index is 1.93. The average molecular weight is 600 g/mol. The Morgan fingerprint density at radius 2 is 1.59 bits per heavy atom. The summed E-state index contributed by atoms with van der Waals surface area (Å²) >= 11 is 0. The smallest absolute Gasteiger partial charge is 0.368 e. The second kappa shape index (κ2) is 8.95. The van der Waals surface area contributed by atoms with Gasteiger partial charge in [-0.3, -0.25) is 9.78 Å². The third kappa shape index (κ3) is 3.67. The van der Waals surface area contributed by atoms with Crippen LogP contribution in [0.25, 0.3) is 0 Å². The maximum absolute atomic E-state index is 18.4. The van der Waals surface area contributed by atoms with E-state index in [1.165, 1.54) is 24.4 Å². The molecule has 1 saturated heterocycles. The van der Waals surface area contributed by atoms with Crippen LogP contribution in [0.1, 0.15) is 43.8 Å². The SMILES string of the molecule is C[C@]1(C(N)=O)N(S(=O)(=O)c2ccc(F)cc2)[C@@](C)(F)[C@@](F)(c2cnc(C(F)(F)F)nc2)C1(c1ccccn1)C1CC1. The Morgan fingerprint density at radius 1 is 1.00 bits per heavy atom. The lowest BCUT2D eigenvalue weighted by molar-refractivity contribution is -0.145. The van der Waals surface area contributed by atoms with Crippen molar-refractivity contribution in [3.8, 4) is 0 Å². The van der Waals surface area contributed by atoms with Gasteiger partial charge in [-0.25, -0.2) is 31.6 Å². The van der Waals surface area contributed by atoms with Crippen LogP contribution in [0.3, 0.4) is 0 Å². The molecule has 15 heteroatoms. The van der Waals surface area contributed by atoms with Crippen LogP contribution in [0.5, 0.6) is 0 Å². The van der Waals surface area contributed by atoms with Crippen molar-refractivity contribution < 1.29 is 39.6 Å². The van der Waals surface area contributed by atoms with Crippen LogP contribution < -0.4 is 5.73 Å². The van der Waals surface area contributed by atoms with Gasteiger partial charge >= 0.3 is 6.18 Å². The number of alkyl halides is 5. The number of primary amides is 1. The minimum absolute atomic E-state index is 0.00718. The van der Waals surface area contributed by atoms with E-state index in [0.29, 0.717) is 19.3 Å². The highest BCUT2D eigenvalue weighted by atomic mass is 32.2.